The lowest BCUT2D eigenvalue weighted by molar-refractivity contribution is -0.114. The first kappa shape index (κ1) is 24.7. The smallest absolute Gasteiger partial charge is 0.269 e. The number of benzene rings is 1. The van der Waals surface area contributed by atoms with Crippen molar-refractivity contribution in [2.45, 2.75) is 26.3 Å². The molecule has 1 aliphatic rings. The van der Waals surface area contributed by atoms with Gasteiger partial charge in [-0.05, 0) is 38.0 Å². The lowest BCUT2D eigenvalue weighted by atomic mass is 10.0. The van der Waals surface area contributed by atoms with Crippen LogP contribution in [0.1, 0.15) is 34.8 Å². The molecule has 0 radical (unpaired) electrons. The normalized spacial score (nSPS) is 14.5. The maximum Gasteiger partial charge on any atom is 0.269 e. The van der Waals surface area contributed by atoms with Crippen molar-refractivity contribution in [1.82, 2.24) is 19.8 Å². The molecule has 1 atom stereocenters. The van der Waals surface area contributed by atoms with Crippen LogP contribution < -0.4 is 15.4 Å². The number of carbonyl (C=O) groups is 2. The third-order valence-corrected chi connectivity index (χ3v) is 5.91. The summed E-state index contributed by atoms with van der Waals surface area (Å²) in [7, 11) is 4.21. The fourth-order valence-electron chi connectivity index (χ4n) is 3.88. The Labute approximate surface area is 198 Å². The first-order valence-electron chi connectivity index (χ1n) is 10.9. The van der Waals surface area contributed by atoms with Crippen LogP contribution in [0.3, 0.4) is 0 Å². The first-order chi connectivity index (χ1) is 16.3. The summed E-state index contributed by atoms with van der Waals surface area (Å²) in [5, 5.41) is 24.9. The van der Waals surface area contributed by atoms with Crippen LogP contribution in [-0.2, 0) is 4.79 Å². The Balaban J connectivity index is 0.00000158. The quantitative estimate of drug-likeness (QED) is 0.413. The van der Waals surface area contributed by atoms with E-state index in [0.29, 0.717) is 28.3 Å². The van der Waals surface area contributed by atoms with Gasteiger partial charge in [-0.2, -0.15) is 5.10 Å². The summed E-state index contributed by atoms with van der Waals surface area (Å²) in [6, 6.07) is 7.11. The minimum atomic E-state index is -0.469. The van der Waals surface area contributed by atoms with Crippen molar-refractivity contribution >= 4 is 28.7 Å². The Morgan fingerprint density at radius 1 is 1.21 bits per heavy atom. The minimum absolute atomic E-state index is 0.00670. The van der Waals surface area contributed by atoms with Crippen LogP contribution in [0.5, 0.6) is 11.5 Å². The molecule has 4 N–H and O–H groups in total. The molecule has 1 saturated heterocycles. The molecule has 1 fully saturated rings. The number of anilines is 1. The molecule has 3 aromatic rings. The number of nitrogens with zero attached hydrogens (tertiary/aromatic N) is 3. The van der Waals surface area contributed by atoms with Gasteiger partial charge in [0, 0.05) is 63.4 Å². The Hall–Kier alpha value is -3.92. The molecule has 10 nitrogen and oxygen atoms in total. The molecule has 1 aromatic carbocycles. The third-order valence-electron chi connectivity index (χ3n) is 5.91. The Bertz CT molecular complexity index is 1240. The van der Waals surface area contributed by atoms with Crippen molar-refractivity contribution in [1.29, 1.82) is 5.41 Å². The van der Waals surface area contributed by atoms with Crippen molar-refractivity contribution in [3.63, 3.8) is 0 Å². The molecule has 0 saturated carbocycles. The zero-order valence-corrected chi connectivity index (χ0v) is 20.0. The van der Waals surface area contributed by atoms with Crippen molar-refractivity contribution < 1.29 is 19.4 Å². The van der Waals surface area contributed by atoms with Crippen LogP contribution in [0.25, 0.3) is 5.52 Å². The molecule has 3 heterocycles. The fourth-order valence-corrected chi connectivity index (χ4v) is 3.88. The molecular weight excluding hydrogens is 436 g/mol. The maximum atomic E-state index is 12.9. The highest BCUT2D eigenvalue weighted by atomic mass is 16.5. The molecule has 10 heteroatoms. The number of ether oxygens (including phenoxy) is 1. The van der Waals surface area contributed by atoms with Gasteiger partial charge in [-0.3, -0.25) is 15.0 Å². The van der Waals surface area contributed by atoms with Gasteiger partial charge < -0.3 is 25.4 Å². The van der Waals surface area contributed by atoms with Gasteiger partial charge in [0.15, 0.2) is 5.75 Å². The van der Waals surface area contributed by atoms with Crippen LogP contribution in [0.15, 0.2) is 36.7 Å². The average molecular weight is 467 g/mol. The number of aromatic nitrogens is 2. The van der Waals surface area contributed by atoms with Crippen LogP contribution >= 0.6 is 0 Å². The van der Waals surface area contributed by atoms with Crippen LogP contribution in [0.4, 0.5) is 5.69 Å². The summed E-state index contributed by atoms with van der Waals surface area (Å²) in [6.07, 6.45) is 4.39. The second-order valence-corrected chi connectivity index (χ2v) is 7.81. The number of likely N-dealkylation sites (tertiary alicyclic amines) is 1. The molecular formula is C24H30N6O4. The summed E-state index contributed by atoms with van der Waals surface area (Å²) in [5.41, 5.74) is 3.07. The minimum Gasteiger partial charge on any atom is -0.455 e. The molecule has 4 rings (SSSR count). The highest BCUT2D eigenvalue weighted by Gasteiger charge is 2.31. The molecule has 0 aliphatic carbocycles. The van der Waals surface area contributed by atoms with Gasteiger partial charge in [0.25, 0.3) is 11.8 Å². The van der Waals surface area contributed by atoms with E-state index in [1.54, 1.807) is 48.2 Å². The molecule has 0 spiro atoms. The Kier molecular flexibility index (Phi) is 7.52. The molecule has 34 heavy (non-hydrogen) atoms. The number of fused-ring (bicyclic) bond motifs is 1. The van der Waals surface area contributed by atoms with E-state index in [0.717, 1.165) is 31.2 Å². The van der Waals surface area contributed by atoms with E-state index in [4.69, 9.17) is 15.3 Å². The Morgan fingerprint density at radius 2 is 1.94 bits per heavy atom. The number of likely N-dealkylation sites (N-methyl/N-ethyl adjacent to an activating group) is 1. The van der Waals surface area contributed by atoms with E-state index in [-0.39, 0.29) is 17.7 Å². The number of rotatable bonds is 6. The summed E-state index contributed by atoms with van der Waals surface area (Å²) in [4.78, 5) is 26.7. The number of aryl methyl sites for hydroxylation is 1. The summed E-state index contributed by atoms with van der Waals surface area (Å²) in [6.45, 7) is 4.72. The van der Waals surface area contributed by atoms with Crippen molar-refractivity contribution in [2.24, 2.45) is 0 Å². The number of aliphatic hydroxyl groups excluding tert-OH is 1. The highest BCUT2D eigenvalue weighted by Crippen LogP contribution is 2.33. The van der Waals surface area contributed by atoms with Gasteiger partial charge in [0.2, 0.25) is 0 Å². The van der Waals surface area contributed by atoms with Crippen molar-refractivity contribution in [2.75, 3.05) is 33.1 Å². The largest absolute Gasteiger partial charge is 0.455 e. The zero-order chi connectivity index (χ0) is 25.0. The van der Waals surface area contributed by atoms with E-state index in [9.17, 15) is 9.59 Å². The van der Waals surface area contributed by atoms with E-state index < -0.39 is 5.91 Å². The lowest BCUT2D eigenvalue weighted by Crippen LogP contribution is -2.49. The molecule has 2 amide bonds. The molecule has 1 unspecified atom stereocenters. The van der Waals surface area contributed by atoms with Gasteiger partial charge in [-0.15, -0.1) is 0 Å². The molecule has 0 bridgehead atoms. The summed E-state index contributed by atoms with van der Waals surface area (Å²) in [5.74, 6) is 0.626. The number of hydrogen-bond acceptors (Lipinski definition) is 7. The standard InChI is InChI=1S/C23H26N6O3.CH4O/c1-13-8-10-28(13)23(31)17-12-29-21(14(17)2)19(7-9-27-29)32-15-5-6-16(18(11-15)25-3)20(24)22(30)26-4;1-2/h5-7,9,11-13,24-25H,8,10H2,1-4H3,(H,26,30);2H,1H3. The topological polar surface area (TPSA) is 132 Å². The van der Waals surface area contributed by atoms with Crippen LogP contribution in [0.2, 0.25) is 0 Å². The number of amides is 2. The van der Waals surface area contributed by atoms with Gasteiger partial charge in [-0.25, -0.2) is 4.52 Å². The van der Waals surface area contributed by atoms with E-state index in [2.05, 4.69) is 15.7 Å². The van der Waals surface area contributed by atoms with E-state index >= 15 is 0 Å². The molecule has 1 aliphatic heterocycles. The predicted molar refractivity (Wildman–Crippen MR) is 130 cm³/mol. The lowest BCUT2D eigenvalue weighted by Gasteiger charge is -2.38. The maximum absolute atomic E-state index is 12.9. The molecule has 2 aromatic heterocycles. The highest BCUT2D eigenvalue weighted by molar-refractivity contribution is 6.45. The van der Waals surface area contributed by atoms with E-state index in [1.165, 1.54) is 7.05 Å². The Morgan fingerprint density at radius 3 is 2.53 bits per heavy atom. The van der Waals surface area contributed by atoms with Gasteiger partial charge in [-0.1, -0.05) is 0 Å². The SMILES string of the molecule is CNC(=O)C(=N)c1ccc(Oc2ccnn3cc(C(=O)N4CCC4C)c(C)c23)cc1NC.CO. The van der Waals surface area contributed by atoms with Gasteiger partial charge >= 0.3 is 0 Å². The first-order valence-corrected chi connectivity index (χ1v) is 10.9. The fraction of sp³-hybridized carbons (Fsp3) is 0.333. The predicted octanol–water partition coefficient (Wildman–Crippen LogP) is 2.43. The number of carbonyl (C=O) groups excluding carboxylic acids is 2. The number of hydrogen-bond donors (Lipinski definition) is 4. The average Bonchev–Trinajstić information content (AvgIpc) is 3.20. The second kappa shape index (κ2) is 10.3. The number of aliphatic hydroxyl groups is 1. The van der Waals surface area contributed by atoms with Crippen molar-refractivity contribution in [3.8, 4) is 11.5 Å². The van der Waals surface area contributed by atoms with E-state index in [1.807, 2.05) is 18.7 Å². The van der Waals surface area contributed by atoms with Gasteiger partial charge in [0.1, 0.15) is 17.0 Å². The summed E-state index contributed by atoms with van der Waals surface area (Å²) < 4.78 is 7.82. The van der Waals surface area contributed by atoms with Gasteiger partial charge in [0.05, 0.1) is 11.8 Å². The molecule has 180 valence electrons. The second-order valence-electron chi connectivity index (χ2n) is 7.81. The van der Waals surface area contributed by atoms with Crippen LogP contribution in [0, 0.1) is 12.3 Å². The zero-order valence-electron chi connectivity index (χ0n) is 20.0. The third kappa shape index (κ3) is 4.44. The number of nitrogens with one attached hydrogen (secondary N) is 3. The summed E-state index contributed by atoms with van der Waals surface area (Å²) >= 11 is 0. The van der Waals surface area contributed by atoms with Crippen molar-refractivity contribution in [3.05, 3.63) is 53.3 Å². The monoisotopic (exact) mass is 466 g/mol. The van der Waals surface area contributed by atoms with Crippen LogP contribution in [-0.4, -0.2) is 70.9 Å².